The number of carbonyl (C=O) groups excluding carboxylic acids is 1. The Labute approximate surface area is 145 Å². The molecule has 3 rings (SSSR count). The summed E-state index contributed by atoms with van der Waals surface area (Å²) in [5.74, 6) is 1.27. The number of rotatable bonds is 6. The molecule has 1 amide bonds. The minimum absolute atomic E-state index is 0.218. The molecule has 8 heteroatoms. The van der Waals surface area contributed by atoms with Gasteiger partial charge in [0.2, 0.25) is 5.89 Å². The van der Waals surface area contributed by atoms with Crippen LogP contribution in [0.15, 0.2) is 41.1 Å². The molecule has 0 fully saturated rings. The quantitative estimate of drug-likeness (QED) is 0.683. The van der Waals surface area contributed by atoms with Gasteiger partial charge in [0.25, 0.3) is 5.91 Å². The summed E-state index contributed by atoms with van der Waals surface area (Å²) in [7, 11) is 1.68. The van der Waals surface area contributed by atoms with Crippen molar-refractivity contribution in [1.82, 2.24) is 30.0 Å². The Balaban J connectivity index is 1.73. The molecule has 2 heterocycles. The van der Waals surface area contributed by atoms with Gasteiger partial charge in [0.1, 0.15) is 0 Å². The zero-order valence-corrected chi connectivity index (χ0v) is 14.5. The van der Waals surface area contributed by atoms with E-state index in [0.717, 1.165) is 12.1 Å². The van der Waals surface area contributed by atoms with Crippen LogP contribution in [0.4, 0.5) is 0 Å². The fourth-order valence-corrected chi connectivity index (χ4v) is 2.41. The highest BCUT2D eigenvalue weighted by atomic mass is 16.5. The van der Waals surface area contributed by atoms with E-state index in [0.29, 0.717) is 23.3 Å². The van der Waals surface area contributed by atoms with Crippen molar-refractivity contribution in [3.8, 4) is 5.69 Å². The number of hydrogen-bond donors (Lipinski definition) is 0. The standard InChI is InChI=1S/C17H20N6O2/c1-12(2)9-16-19-15(20-25-16)11-22(3)17(24)14-10-18-21-23(14)13-7-5-4-6-8-13/h4-8,10,12H,9,11H2,1-3H3. The monoisotopic (exact) mass is 340 g/mol. The Hall–Kier alpha value is -3.03. The predicted molar refractivity (Wildman–Crippen MR) is 90.0 cm³/mol. The van der Waals surface area contributed by atoms with E-state index in [1.165, 1.54) is 15.8 Å². The first-order chi connectivity index (χ1) is 12.0. The number of nitrogens with zero attached hydrogens (tertiary/aromatic N) is 6. The summed E-state index contributed by atoms with van der Waals surface area (Å²) in [5.41, 5.74) is 1.15. The molecule has 0 spiro atoms. The smallest absolute Gasteiger partial charge is 0.274 e. The van der Waals surface area contributed by atoms with E-state index < -0.39 is 0 Å². The van der Waals surface area contributed by atoms with E-state index in [1.807, 2.05) is 30.3 Å². The number of para-hydroxylation sites is 1. The lowest BCUT2D eigenvalue weighted by Gasteiger charge is -2.15. The summed E-state index contributed by atoms with van der Waals surface area (Å²) in [4.78, 5) is 18.6. The van der Waals surface area contributed by atoms with Gasteiger partial charge in [-0.05, 0) is 18.1 Å². The van der Waals surface area contributed by atoms with Gasteiger partial charge in [-0.3, -0.25) is 4.79 Å². The van der Waals surface area contributed by atoms with Crippen LogP contribution in [0.5, 0.6) is 0 Å². The van der Waals surface area contributed by atoms with Gasteiger partial charge in [0.15, 0.2) is 11.5 Å². The van der Waals surface area contributed by atoms with Crippen molar-refractivity contribution in [2.75, 3.05) is 7.05 Å². The summed E-state index contributed by atoms with van der Waals surface area (Å²) in [5, 5.41) is 11.8. The van der Waals surface area contributed by atoms with Gasteiger partial charge in [-0.1, -0.05) is 42.4 Å². The zero-order valence-electron chi connectivity index (χ0n) is 14.5. The maximum absolute atomic E-state index is 12.7. The molecule has 0 saturated heterocycles. The first kappa shape index (κ1) is 16.8. The lowest BCUT2D eigenvalue weighted by molar-refractivity contribution is 0.0771. The van der Waals surface area contributed by atoms with Crippen molar-refractivity contribution >= 4 is 5.91 Å². The Kier molecular flexibility index (Phi) is 4.87. The molecule has 0 N–H and O–H groups in total. The Morgan fingerprint density at radius 1 is 1.28 bits per heavy atom. The van der Waals surface area contributed by atoms with Crippen LogP contribution in [0.1, 0.15) is 36.1 Å². The lowest BCUT2D eigenvalue weighted by atomic mass is 10.1. The Bertz CT molecular complexity index is 840. The van der Waals surface area contributed by atoms with Crippen molar-refractivity contribution < 1.29 is 9.32 Å². The first-order valence-electron chi connectivity index (χ1n) is 8.07. The molecule has 0 aliphatic rings. The number of benzene rings is 1. The van der Waals surface area contributed by atoms with Crippen molar-refractivity contribution in [2.45, 2.75) is 26.8 Å². The van der Waals surface area contributed by atoms with Gasteiger partial charge in [0, 0.05) is 13.5 Å². The molecule has 8 nitrogen and oxygen atoms in total. The summed E-state index contributed by atoms with van der Waals surface area (Å²) in [6.07, 6.45) is 2.17. The predicted octanol–water partition coefficient (Wildman–Crippen LogP) is 2.12. The molecule has 25 heavy (non-hydrogen) atoms. The highest BCUT2D eigenvalue weighted by Gasteiger charge is 2.20. The molecule has 0 aliphatic heterocycles. The van der Waals surface area contributed by atoms with E-state index in [4.69, 9.17) is 4.52 Å². The summed E-state index contributed by atoms with van der Waals surface area (Å²) in [6.45, 7) is 4.41. The maximum Gasteiger partial charge on any atom is 0.274 e. The summed E-state index contributed by atoms with van der Waals surface area (Å²) < 4.78 is 6.72. The van der Waals surface area contributed by atoms with Gasteiger partial charge < -0.3 is 9.42 Å². The van der Waals surface area contributed by atoms with Gasteiger partial charge >= 0.3 is 0 Å². The van der Waals surface area contributed by atoms with E-state index in [-0.39, 0.29) is 12.5 Å². The molecule has 1 aromatic carbocycles. The summed E-state index contributed by atoms with van der Waals surface area (Å²) >= 11 is 0. The van der Waals surface area contributed by atoms with E-state index in [2.05, 4.69) is 34.3 Å². The maximum atomic E-state index is 12.7. The van der Waals surface area contributed by atoms with Crippen LogP contribution in [0.25, 0.3) is 5.69 Å². The number of hydrogen-bond acceptors (Lipinski definition) is 6. The molecule has 2 aromatic heterocycles. The number of amides is 1. The second kappa shape index (κ2) is 7.25. The third-order valence-electron chi connectivity index (χ3n) is 3.59. The molecule has 0 saturated carbocycles. The third-order valence-corrected chi connectivity index (χ3v) is 3.59. The Morgan fingerprint density at radius 3 is 2.76 bits per heavy atom. The third kappa shape index (κ3) is 3.90. The van der Waals surface area contributed by atoms with Crippen molar-refractivity contribution in [3.63, 3.8) is 0 Å². The Morgan fingerprint density at radius 2 is 2.04 bits per heavy atom. The van der Waals surface area contributed by atoms with Crippen LogP contribution in [-0.4, -0.2) is 43.0 Å². The van der Waals surface area contributed by atoms with E-state index in [1.54, 1.807) is 7.05 Å². The lowest BCUT2D eigenvalue weighted by Crippen LogP contribution is -2.28. The van der Waals surface area contributed by atoms with Gasteiger partial charge in [0.05, 0.1) is 18.4 Å². The van der Waals surface area contributed by atoms with Crippen LogP contribution < -0.4 is 0 Å². The molecule has 0 bridgehead atoms. The van der Waals surface area contributed by atoms with Crippen LogP contribution >= 0.6 is 0 Å². The second-order valence-electron chi connectivity index (χ2n) is 6.23. The van der Waals surface area contributed by atoms with E-state index in [9.17, 15) is 4.79 Å². The average molecular weight is 340 g/mol. The molecule has 130 valence electrons. The van der Waals surface area contributed by atoms with Gasteiger partial charge in [-0.15, -0.1) is 5.10 Å². The molecule has 0 radical (unpaired) electrons. The average Bonchev–Trinajstić information content (AvgIpc) is 3.24. The van der Waals surface area contributed by atoms with Crippen LogP contribution in [0.2, 0.25) is 0 Å². The van der Waals surface area contributed by atoms with Crippen LogP contribution in [0.3, 0.4) is 0 Å². The highest BCUT2D eigenvalue weighted by Crippen LogP contribution is 2.12. The van der Waals surface area contributed by atoms with Gasteiger partial charge in [-0.2, -0.15) is 4.98 Å². The normalized spacial score (nSPS) is 11.0. The fourth-order valence-electron chi connectivity index (χ4n) is 2.41. The largest absolute Gasteiger partial charge is 0.339 e. The number of carbonyl (C=O) groups is 1. The summed E-state index contributed by atoms with van der Waals surface area (Å²) in [6, 6.07) is 9.39. The fraction of sp³-hybridized carbons (Fsp3) is 0.353. The van der Waals surface area contributed by atoms with Crippen molar-refractivity contribution in [1.29, 1.82) is 0 Å². The van der Waals surface area contributed by atoms with Crippen molar-refractivity contribution in [2.24, 2.45) is 5.92 Å². The molecule has 0 aliphatic carbocycles. The molecule has 0 atom stereocenters. The molecular weight excluding hydrogens is 320 g/mol. The molecule has 3 aromatic rings. The SMILES string of the molecule is CC(C)Cc1nc(CN(C)C(=O)c2cnnn2-c2ccccc2)no1. The zero-order chi connectivity index (χ0) is 17.8. The number of aromatic nitrogens is 5. The second-order valence-corrected chi connectivity index (χ2v) is 6.23. The minimum Gasteiger partial charge on any atom is -0.339 e. The van der Waals surface area contributed by atoms with Gasteiger partial charge in [-0.25, -0.2) is 4.68 Å². The van der Waals surface area contributed by atoms with E-state index >= 15 is 0 Å². The molecular formula is C17H20N6O2. The van der Waals surface area contributed by atoms with Crippen molar-refractivity contribution in [3.05, 3.63) is 53.9 Å². The highest BCUT2D eigenvalue weighted by molar-refractivity contribution is 5.92. The van der Waals surface area contributed by atoms with Crippen LogP contribution in [-0.2, 0) is 13.0 Å². The molecule has 0 unspecified atom stereocenters. The topological polar surface area (TPSA) is 89.9 Å². The van der Waals surface area contributed by atoms with Crippen LogP contribution in [0, 0.1) is 5.92 Å². The first-order valence-corrected chi connectivity index (χ1v) is 8.07. The minimum atomic E-state index is -0.218.